The summed E-state index contributed by atoms with van der Waals surface area (Å²) in [6, 6.07) is 0.470. The van der Waals surface area contributed by atoms with Crippen LogP contribution in [-0.4, -0.2) is 47.8 Å². The van der Waals surface area contributed by atoms with Crippen molar-refractivity contribution >= 4 is 11.9 Å². The minimum atomic E-state index is -1.34. The van der Waals surface area contributed by atoms with Crippen molar-refractivity contribution in [3.8, 4) is 0 Å². The molecule has 1 saturated heterocycles. The average Bonchev–Trinajstić information content (AvgIpc) is 2.41. The smallest absolute Gasteiger partial charge is 0.410 e. The summed E-state index contributed by atoms with van der Waals surface area (Å²) in [6.45, 7) is 6.39. The molecule has 8 heteroatoms. The van der Waals surface area contributed by atoms with Crippen molar-refractivity contribution in [3.63, 3.8) is 0 Å². The van der Waals surface area contributed by atoms with E-state index in [9.17, 15) is 18.0 Å². The maximum atomic E-state index is 13.7. The summed E-state index contributed by atoms with van der Waals surface area (Å²) >= 11 is 0. The van der Waals surface area contributed by atoms with E-state index in [4.69, 9.17) is 4.74 Å². The molecule has 122 valence electrons. The molecule has 1 aromatic heterocycles. The molecular weight excluding hydrogens is 299 g/mol. The van der Waals surface area contributed by atoms with Gasteiger partial charge in [0.05, 0.1) is 0 Å². The van der Waals surface area contributed by atoms with Gasteiger partial charge in [0, 0.05) is 32.2 Å². The zero-order valence-electron chi connectivity index (χ0n) is 12.7. The third-order valence-corrected chi connectivity index (χ3v) is 3.10. The van der Waals surface area contributed by atoms with Gasteiger partial charge < -0.3 is 14.5 Å². The number of hydrogen-bond acceptors (Lipinski definition) is 4. The molecule has 1 amide bonds. The summed E-state index contributed by atoms with van der Waals surface area (Å²) in [4.78, 5) is 18.2. The Morgan fingerprint density at radius 1 is 1.14 bits per heavy atom. The molecule has 0 aliphatic carbocycles. The Morgan fingerprint density at radius 3 is 2.27 bits per heavy atom. The second-order valence-corrected chi connectivity index (χ2v) is 6.02. The van der Waals surface area contributed by atoms with Crippen LogP contribution in [0, 0.1) is 17.6 Å². The number of ether oxygens (including phenoxy) is 1. The van der Waals surface area contributed by atoms with Gasteiger partial charge in [0.15, 0.2) is 17.5 Å². The Balaban J connectivity index is 2.01. The van der Waals surface area contributed by atoms with Crippen LogP contribution in [0.4, 0.5) is 23.8 Å². The fourth-order valence-corrected chi connectivity index (χ4v) is 2.08. The van der Waals surface area contributed by atoms with E-state index in [2.05, 4.69) is 4.98 Å². The van der Waals surface area contributed by atoms with Gasteiger partial charge in [-0.3, -0.25) is 0 Å². The molecule has 0 spiro atoms. The second-order valence-electron chi connectivity index (χ2n) is 6.02. The lowest BCUT2D eigenvalue weighted by atomic mass is 10.2. The molecule has 2 heterocycles. The van der Waals surface area contributed by atoms with Crippen LogP contribution in [0.3, 0.4) is 0 Å². The van der Waals surface area contributed by atoms with E-state index in [1.807, 2.05) is 0 Å². The fraction of sp³-hybridized carbons (Fsp3) is 0.571. The molecule has 0 atom stereocenters. The number of anilines is 1. The fourth-order valence-electron chi connectivity index (χ4n) is 2.08. The van der Waals surface area contributed by atoms with Crippen LogP contribution in [0.15, 0.2) is 6.07 Å². The van der Waals surface area contributed by atoms with Crippen molar-refractivity contribution in [1.29, 1.82) is 0 Å². The van der Waals surface area contributed by atoms with Gasteiger partial charge in [-0.15, -0.1) is 0 Å². The number of aromatic nitrogens is 1. The van der Waals surface area contributed by atoms with Crippen LogP contribution in [-0.2, 0) is 4.74 Å². The van der Waals surface area contributed by atoms with Gasteiger partial charge in [-0.2, -0.15) is 9.37 Å². The van der Waals surface area contributed by atoms with Gasteiger partial charge in [-0.25, -0.2) is 13.6 Å². The predicted molar refractivity (Wildman–Crippen MR) is 74.1 cm³/mol. The van der Waals surface area contributed by atoms with Crippen LogP contribution in [0.2, 0.25) is 0 Å². The predicted octanol–water partition coefficient (Wildman–Crippen LogP) is 2.56. The number of hydrogen-bond donors (Lipinski definition) is 0. The van der Waals surface area contributed by atoms with Gasteiger partial charge in [-0.05, 0) is 20.8 Å². The highest BCUT2D eigenvalue weighted by atomic mass is 19.2. The number of halogens is 3. The Morgan fingerprint density at radius 2 is 1.73 bits per heavy atom. The highest BCUT2D eigenvalue weighted by molar-refractivity contribution is 5.68. The van der Waals surface area contributed by atoms with E-state index in [1.54, 1.807) is 20.8 Å². The van der Waals surface area contributed by atoms with E-state index < -0.39 is 29.3 Å². The average molecular weight is 317 g/mol. The van der Waals surface area contributed by atoms with E-state index in [1.165, 1.54) is 9.80 Å². The van der Waals surface area contributed by atoms with Gasteiger partial charge in [0.25, 0.3) is 5.95 Å². The van der Waals surface area contributed by atoms with E-state index in [-0.39, 0.29) is 32.0 Å². The SMILES string of the molecule is CC(C)(C)OC(=O)N1CCN(c2nc(F)c(F)cc2F)CC1. The zero-order valence-corrected chi connectivity index (χ0v) is 12.7. The van der Waals surface area contributed by atoms with Gasteiger partial charge in [-0.1, -0.05) is 0 Å². The number of carbonyl (C=O) groups excluding carboxylic acids is 1. The summed E-state index contributed by atoms with van der Waals surface area (Å²) in [5, 5.41) is 0. The molecule has 1 aliphatic heterocycles. The number of nitrogens with zero attached hydrogens (tertiary/aromatic N) is 3. The standard InChI is InChI=1S/C14H18F3N3O2/c1-14(2,3)22-13(21)20-6-4-19(5-7-20)12-10(16)8-9(15)11(17)18-12/h8H,4-7H2,1-3H3. The molecule has 0 radical (unpaired) electrons. The largest absolute Gasteiger partial charge is 0.444 e. The number of carbonyl (C=O) groups is 1. The molecule has 2 rings (SSSR count). The van der Waals surface area contributed by atoms with E-state index in [0.29, 0.717) is 6.07 Å². The molecule has 0 bridgehead atoms. The Kier molecular flexibility index (Phi) is 4.48. The Bertz CT molecular complexity index is 567. The maximum Gasteiger partial charge on any atom is 0.410 e. The first-order valence-electron chi connectivity index (χ1n) is 6.92. The van der Waals surface area contributed by atoms with Gasteiger partial charge in [0.1, 0.15) is 5.60 Å². The van der Waals surface area contributed by atoms with Crippen molar-refractivity contribution < 1.29 is 22.7 Å². The summed E-state index contributed by atoms with van der Waals surface area (Å²) < 4.78 is 45.0. The van der Waals surface area contributed by atoms with Crippen molar-refractivity contribution in [1.82, 2.24) is 9.88 Å². The zero-order chi connectivity index (χ0) is 16.5. The van der Waals surface area contributed by atoms with Crippen molar-refractivity contribution in [2.45, 2.75) is 26.4 Å². The van der Waals surface area contributed by atoms with Crippen LogP contribution in [0.5, 0.6) is 0 Å². The molecular formula is C14H18F3N3O2. The van der Waals surface area contributed by atoms with Crippen LogP contribution in [0.1, 0.15) is 20.8 Å². The number of amides is 1. The topological polar surface area (TPSA) is 45.7 Å². The van der Waals surface area contributed by atoms with Crippen molar-refractivity contribution in [3.05, 3.63) is 23.6 Å². The molecule has 22 heavy (non-hydrogen) atoms. The van der Waals surface area contributed by atoms with Crippen LogP contribution >= 0.6 is 0 Å². The quantitative estimate of drug-likeness (QED) is 0.747. The molecule has 0 saturated carbocycles. The minimum absolute atomic E-state index is 0.247. The highest BCUT2D eigenvalue weighted by Gasteiger charge is 2.27. The molecule has 0 unspecified atom stereocenters. The molecule has 1 aromatic rings. The van der Waals surface area contributed by atoms with Crippen LogP contribution < -0.4 is 4.90 Å². The van der Waals surface area contributed by atoms with Crippen molar-refractivity contribution in [2.75, 3.05) is 31.1 Å². The third kappa shape index (κ3) is 3.80. The maximum absolute atomic E-state index is 13.7. The summed E-state index contributed by atoms with van der Waals surface area (Å²) in [6.07, 6.45) is -0.453. The molecule has 0 aromatic carbocycles. The first kappa shape index (κ1) is 16.4. The minimum Gasteiger partial charge on any atom is -0.444 e. The first-order chi connectivity index (χ1) is 10.2. The van der Waals surface area contributed by atoms with Gasteiger partial charge in [0.2, 0.25) is 0 Å². The van der Waals surface area contributed by atoms with E-state index >= 15 is 0 Å². The Hall–Kier alpha value is -1.99. The lowest BCUT2D eigenvalue weighted by Crippen LogP contribution is -2.50. The van der Waals surface area contributed by atoms with Crippen LogP contribution in [0.25, 0.3) is 0 Å². The summed E-state index contributed by atoms with van der Waals surface area (Å²) in [5.41, 5.74) is -0.595. The normalized spacial score (nSPS) is 15.9. The molecule has 5 nitrogen and oxygen atoms in total. The number of pyridine rings is 1. The number of rotatable bonds is 1. The summed E-state index contributed by atoms with van der Waals surface area (Å²) in [5.74, 6) is -3.84. The highest BCUT2D eigenvalue weighted by Crippen LogP contribution is 2.21. The summed E-state index contributed by atoms with van der Waals surface area (Å²) in [7, 11) is 0. The van der Waals surface area contributed by atoms with E-state index in [0.717, 1.165) is 0 Å². The lowest BCUT2D eigenvalue weighted by molar-refractivity contribution is 0.0240. The second kappa shape index (κ2) is 6.02. The number of piperazine rings is 1. The molecule has 0 N–H and O–H groups in total. The third-order valence-electron chi connectivity index (χ3n) is 3.10. The molecule has 1 fully saturated rings. The molecule has 1 aliphatic rings. The van der Waals surface area contributed by atoms with Crippen molar-refractivity contribution in [2.24, 2.45) is 0 Å². The first-order valence-corrected chi connectivity index (χ1v) is 6.92. The Labute approximate surface area is 126 Å². The monoisotopic (exact) mass is 317 g/mol. The lowest BCUT2D eigenvalue weighted by Gasteiger charge is -2.36. The van der Waals surface area contributed by atoms with Gasteiger partial charge >= 0.3 is 6.09 Å².